The number of carbonyl (C=O) groups excluding carboxylic acids is 1. The third kappa shape index (κ3) is 6.10. The number of hydrogen-bond donors (Lipinski definition) is 2. The molecule has 1 amide bonds. The van der Waals surface area contributed by atoms with Gasteiger partial charge in [-0.15, -0.1) is 0 Å². The molecular weight excluding hydrogens is 327 g/mol. The van der Waals surface area contributed by atoms with Gasteiger partial charge in [0.15, 0.2) is 0 Å². The Morgan fingerprint density at radius 1 is 1.25 bits per heavy atom. The first-order valence-electron chi connectivity index (χ1n) is 7.18. The third-order valence-corrected chi connectivity index (χ3v) is 3.09. The van der Waals surface area contributed by atoms with Crippen molar-refractivity contribution in [2.24, 2.45) is 0 Å². The predicted molar refractivity (Wildman–Crippen MR) is 80.7 cm³/mol. The highest BCUT2D eigenvalue weighted by molar-refractivity contribution is 5.80. The highest BCUT2D eigenvalue weighted by Crippen LogP contribution is 2.30. The van der Waals surface area contributed by atoms with Crippen LogP contribution in [0.4, 0.5) is 18.0 Å². The number of aryl methyl sites for hydroxylation is 1. The normalized spacial score (nSPS) is 13.3. The molecule has 0 aliphatic rings. The van der Waals surface area contributed by atoms with Gasteiger partial charge in [-0.05, 0) is 51.0 Å². The largest absolute Gasteiger partial charge is 0.480 e. The van der Waals surface area contributed by atoms with E-state index in [1.54, 1.807) is 27.7 Å². The summed E-state index contributed by atoms with van der Waals surface area (Å²) in [6, 6.07) is 1.68. The quantitative estimate of drug-likeness (QED) is 0.874. The Hall–Kier alpha value is -2.25. The Labute approximate surface area is 137 Å². The second-order valence-corrected chi connectivity index (χ2v) is 6.38. The molecule has 0 aliphatic heterocycles. The maximum absolute atomic E-state index is 12.8. The fraction of sp³-hybridized carbons (Fsp3) is 0.500. The molecule has 1 rings (SSSR count). The Morgan fingerprint density at radius 3 is 2.29 bits per heavy atom. The summed E-state index contributed by atoms with van der Waals surface area (Å²) < 4.78 is 43.3. The van der Waals surface area contributed by atoms with Gasteiger partial charge in [0, 0.05) is 6.42 Å². The van der Waals surface area contributed by atoms with E-state index in [2.05, 4.69) is 5.32 Å². The van der Waals surface area contributed by atoms with E-state index in [0.717, 1.165) is 12.1 Å². The fourth-order valence-corrected chi connectivity index (χ4v) is 1.94. The van der Waals surface area contributed by atoms with Gasteiger partial charge in [0.25, 0.3) is 0 Å². The third-order valence-electron chi connectivity index (χ3n) is 3.09. The number of ether oxygens (including phenoxy) is 1. The van der Waals surface area contributed by atoms with E-state index in [9.17, 15) is 27.9 Å². The van der Waals surface area contributed by atoms with Gasteiger partial charge in [-0.25, -0.2) is 9.59 Å². The molecule has 5 nitrogen and oxygen atoms in total. The van der Waals surface area contributed by atoms with Crippen molar-refractivity contribution in [2.75, 3.05) is 0 Å². The molecule has 0 saturated carbocycles. The number of aliphatic carboxylic acids is 1. The molecule has 134 valence electrons. The molecule has 1 aromatic carbocycles. The minimum atomic E-state index is -4.53. The van der Waals surface area contributed by atoms with Crippen molar-refractivity contribution in [2.45, 2.75) is 51.9 Å². The van der Waals surface area contributed by atoms with Crippen LogP contribution in [0.15, 0.2) is 18.2 Å². The molecule has 2 N–H and O–H groups in total. The molecule has 0 radical (unpaired) electrons. The second kappa shape index (κ2) is 7.11. The molecule has 0 aromatic heterocycles. The SMILES string of the molecule is Cc1ccc(C(F)(F)F)cc1CC(NC(=O)OC(C)(C)C)C(=O)O. The Morgan fingerprint density at radius 2 is 1.83 bits per heavy atom. The average Bonchev–Trinajstić information content (AvgIpc) is 2.36. The Kier molecular flexibility index (Phi) is 5.86. The van der Waals surface area contributed by atoms with Crippen LogP contribution in [0.25, 0.3) is 0 Å². The number of rotatable bonds is 4. The van der Waals surface area contributed by atoms with Crippen LogP contribution in [0, 0.1) is 6.92 Å². The van der Waals surface area contributed by atoms with Gasteiger partial charge in [-0.3, -0.25) is 0 Å². The van der Waals surface area contributed by atoms with Crippen LogP contribution >= 0.6 is 0 Å². The molecular formula is C16H20F3NO4. The molecule has 1 atom stereocenters. The van der Waals surface area contributed by atoms with E-state index in [4.69, 9.17) is 4.74 Å². The van der Waals surface area contributed by atoms with Gasteiger partial charge < -0.3 is 15.2 Å². The summed E-state index contributed by atoms with van der Waals surface area (Å²) in [5.74, 6) is -1.36. The number of alkyl halides is 3. The van der Waals surface area contributed by atoms with Gasteiger partial charge in [-0.1, -0.05) is 6.07 Å². The molecule has 0 heterocycles. The number of carboxylic acids is 1. The van der Waals surface area contributed by atoms with Crippen LogP contribution in [0.2, 0.25) is 0 Å². The van der Waals surface area contributed by atoms with Gasteiger partial charge in [0.2, 0.25) is 0 Å². The predicted octanol–water partition coefficient (Wildman–Crippen LogP) is 3.53. The molecule has 0 bridgehead atoms. The van der Waals surface area contributed by atoms with Gasteiger partial charge in [0.1, 0.15) is 11.6 Å². The van der Waals surface area contributed by atoms with Crippen LogP contribution in [-0.2, 0) is 22.1 Å². The van der Waals surface area contributed by atoms with E-state index in [1.807, 2.05) is 0 Å². The summed E-state index contributed by atoms with van der Waals surface area (Å²) >= 11 is 0. The Balaban J connectivity index is 2.97. The number of carbonyl (C=O) groups is 2. The van der Waals surface area contributed by atoms with Crippen molar-refractivity contribution in [3.05, 3.63) is 34.9 Å². The number of alkyl carbamates (subject to hydrolysis) is 1. The highest BCUT2D eigenvalue weighted by atomic mass is 19.4. The lowest BCUT2D eigenvalue weighted by molar-refractivity contribution is -0.139. The highest BCUT2D eigenvalue weighted by Gasteiger charge is 2.31. The average molecular weight is 347 g/mol. The second-order valence-electron chi connectivity index (χ2n) is 6.38. The Bertz CT molecular complexity index is 621. The minimum Gasteiger partial charge on any atom is -0.480 e. The lowest BCUT2D eigenvalue weighted by Crippen LogP contribution is -2.44. The summed E-state index contributed by atoms with van der Waals surface area (Å²) in [6.45, 7) is 6.40. The molecule has 1 aromatic rings. The van der Waals surface area contributed by atoms with Crippen molar-refractivity contribution in [1.29, 1.82) is 0 Å². The van der Waals surface area contributed by atoms with Gasteiger partial charge >= 0.3 is 18.2 Å². The molecule has 0 spiro atoms. The zero-order valence-corrected chi connectivity index (χ0v) is 13.8. The number of nitrogens with one attached hydrogen (secondary N) is 1. The maximum atomic E-state index is 12.8. The van der Waals surface area contributed by atoms with Crippen LogP contribution in [0.3, 0.4) is 0 Å². The summed E-state index contributed by atoms with van der Waals surface area (Å²) in [5, 5.41) is 11.4. The first-order valence-corrected chi connectivity index (χ1v) is 7.18. The van der Waals surface area contributed by atoms with Crippen LogP contribution in [0.1, 0.15) is 37.5 Å². The summed E-state index contributed by atoms with van der Waals surface area (Å²) in [7, 11) is 0. The number of benzene rings is 1. The van der Waals surface area contributed by atoms with Gasteiger partial charge in [0.05, 0.1) is 5.56 Å². The maximum Gasteiger partial charge on any atom is 0.416 e. The standard InChI is InChI=1S/C16H20F3NO4/c1-9-5-6-11(16(17,18)19)7-10(9)8-12(13(21)22)20-14(23)24-15(2,3)4/h5-7,12H,8H2,1-4H3,(H,20,23)(H,21,22). The topological polar surface area (TPSA) is 75.6 Å². The van der Waals surface area contributed by atoms with E-state index in [0.29, 0.717) is 5.56 Å². The summed E-state index contributed by atoms with van der Waals surface area (Å²) in [5.41, 5.74) is -1.00. The summed E-state index contributed by atoms with van der Waals surface area (Å²) in [4.78, 5) is 23.0. The van der Waals surface area contributed by atoms with Crippen LogP contribution < -0.4 is 5.32 Å². The van der Waals surface area contributed by atoms with Crippen molar-refractivity contribution in [3.63, 3.8) is 0 Å². The van der Waals surface area contributed by atoms with E-state index < -0.39 is 35.4 Å². The first kappa shape index (κ1) is 19.8. The lowest BCUT2D eigenvalue weighted by Gasteiger charge is -2.22. The number of halogens is 3. The van der Waals surface area contributed by atoms with Crippen molar-refractivity contribution in [3.8, 4) is 0 Å². The van der Waals surface area contributed by atoms with E-state index in [-0.39, 0.29) is 12.0 Å². The van der Waals surface area contributed by atoms with E-state index >= 15 is 0 Å². The number of hydrogen-bond acceptors (Lipinski definition) is 3. The molecule has 1 unspecified atom stereocenters. The van der Waals surface area contributed by atoms with Gasteiger partial charge in [-0.2, -0.15) is 13.2 Å². The van der Waals surface area contributed by atoms with Crippen molar-refractivity contribution in [1.82, 2.24) is 5.32 Å². The number of carboxylic acid groups (broad SMARTS) is 1. The zero-order chi connectivity index (χ0) is 18.7. The molecule has 24 heavy (non-hydrogen) atoms. The fourth-order valence-electron chi connectivity index (χ4n) is 1.94. The van der Waals surface area contributed by atoms with Crippen LogP contribution in [-0.4, -0.2) is 28.8 Å². The number of amides is 1. The molecule has 0 aliphatic carbocycles. The summed E-state index contributed by atoms with van der Waals surface area (Å²) in [6.07, 6.45) is -5.76. The van der Waals surface area contributed by atoms with E-state index in [1.165, 1.54) is 6.07 Å². The minimum absolute atomic E-state index is 0.188. The smallest absolute Gasteiger partial charge is 0.416 e. The first-order chi connectivity index (χ1) is 10.8. The molecule has 8 heteroatoms. The van der Waals surface area contributed by atoms with Crippen molar-refractivity contribution >= 4 is 12.1 Å². The monoisotopic (exact) mass is 347 g/mol. The molecule has 0 saturated heterocycles. The van der Waals surface area contributed by atoms with Crippen LogP contribution in [0.5, 0.6) is 0 Å². The zero-order valence-electron chi connectivity index (χ0n) is 13.8. The van der Waals surface area contributed by atoms with Crippen molar-refractivity contribution < 1.29 is 32.6 Å². The molecule has 0 fully saturated rings. The lowest BCUT2D eigenvalue weighted by atomic mass is 9.98.